The summed E-state index contributed by atoms with van der Waals surface area (Å²) in [6.45, 7) is 0.399. The van der Waals surface area contributed by atoms with Crippen molar-refractivity contribution in [3.8, 4) is 5.75 Å². The summed E-state index contributed by atoms with van der Waals surface area (Å²) in [7, 11) is 0. The van der Waals surface area contributed by atoms with Crippen LogP contribution in [-0.2, 0) is 17.8 Å². The predicted octanol–water partition coefficient (Wildman–Crippen LogP) is 4.37. The van der Waals surface area contributed by atoms with Gasteiger partial charge in [-0.2, -0.15) is 0 Å². The maximum atomic E-state index is 12.1. The van der Waals surface area contributed by atoms with Crippen molar-refractivity contribution in [2.75, 3.05) is 0 Å². The Hall–Kier alpha value is -1.59. The highest BCUT2D eigenvalue weighted by molar-refractivity contribution is 7.09. The van der Waals surface area contributed by atoms with Crippen molar-refractivity contribution in [3.63, 3.8) is 0 Å². The van der Waals surface area contributed by atoms with Crippen LogP contribution in [0.15, 0.2) is 29.6 Å². The molecular formula is C18H21ClN2O2S. The minimum Gasteiger partial charge on any atom is -0.486 e. The topological polar surface area (TPSA) is 51.2 Å². The Morgan fingerprint density at radius 2 is 2.00 bits per heavy atom. The average molecular weight is 365 g/mol. The molecule has 1 fully saturated rings. The summed E-state index contributed by atoms with van der Waals surface area (Å²) in [5.41, 5.74) is 0.808. The van der Waals surface area contributed by atoms with E-state index >= 15 is 0 Å². The van der Waals surface area contributed by atoms with Gasteiger partial charge in [0, 0.05) is 16.4 Å². The summed E-state index contributed by atoms with van der Waals surface area (Å²) in [5.74, 6) is 0.823. The Kier molecular flexibility index (Phi) is 6.10. The van der Waals surface area contributed by atoms with E-state index in [4.69, 9.17) is 16.3 Å². The van der Waals surface area contributed by atoms with Gasteiger partial charge in [-0.1, -0.05) is 30.9 Å². The molecule has 4 nitrogen and oxygen atoms in total. The fraction of sp³-hybridized carbons (Fsp3) is 0.444. The third-order valence-corrected chi connectivity index (χ3v) is 5.21. The standard InChI is InChI=1S/C18H21ClN2O2S/c19-13-6-8-16(9-7-13)23-11-18-21-15(12-24-18)10-17(22)20-14-4-2-1-3-5-14/h6-9,12,14H,1-5,10-11H2,(H,20,22). The van der Waals surface area contributed by atoms with Crippen LogP contribution < -0.4 is 10.1 Å². The number of hydrogen-bond donors (Lipinski definition) is 1. The quantitative estimate of drug-likeness (QED) is 0.828. The van der Waals surface area contributed by atoms with E-state index in [9.17, 15) is 4.79 Å². The third-order valence-electron chi connectivity index (χ3n) is 4.09. The highest BCUT2D eigenvalue weighted by atomic mass is 35.5. The van der Waals surface area contributed by atoms with E-state index in [1.807, 2.05) is 17.5 Å². The van der Waals surface area contributed by atoms with E-state index in [0.29, 0.717) is 24.1 Å². The molecule has 1 aliphatic rings. The van der Waals surface area contributed by atoms with Crippen molar-refractivity contribution in [1.29, 1.82) is 0 Å². The van der Waals surface area contributed by atoms with Crippen LogP contribution in [0.3, 0.4) is 0 Å². The van der Waals surface area contributed by atoms with Crippen molar-refractivity contribution in [2.45, 2.75) is 51.2 Å². The molecule has 0 bridgehead atoms. The lowest BCUT2D eigenvalue weighted by atomic mass is 9.95. The number of carbonyl (C=O) groups excluding carboxylic acids is 1. The molecular weight excluding hydrogens is 344 g/mol. The molecule has 1 saturated carbocycles. The molecule has 1 N–H and O–H groups in total. The number of ether oxygens (including phenoxy) is 1. The van der Waals surface area contributed by atoms with Gasteiger partial charge in [0.05, 0.1) is 12.1 Å². The summed E-state index contributed by atoms with van der Waals surface area (Å²) < 4.78 is 5.68. The second-order valence-corrected chi connectivity index (χ2v) is 7.43. The molecule has 1 heterocycles. The fourth-order valence-electron chi connectivity index (χ4n) is 2.86. The van der Waals surface area contributed by atoms with Crippen molar-refractivity contribution in [2.24, 2.45) is 0 Å². The second-order valence-electron chi connectivity index (χ2n) is 6.05. The Labute approximate surface area is 151 Å². The number of hydrogen-bond acceptors (Lipinski definition) is 4. The molecule has 1 aromatic heterocycles. The fourth-order valence-corrected chi connectivity index (χ4v) is 3.69. The van der Waals surface area contributed by atoms with Crippen LogP contribution in [-0.4, -0.2) is 16.9 Å². The number of amides is 1. The first-order chi connectivity index (χ1) is 11.7. The lowest BCUT2D eigenvalue weighted by Gasteiger charge is -2.22. The summed E-state index contributed by atoms with van der Waals surface area (Å²) in [4.78, 5) is 16.6. The van der Waals surface area contributed by atoms with Gasteiger partial charge >= 0.3 is 0 Å². The molecule has 0 unspecified atom stereocenters. The maximum absolute atomic E-state index is 12.1. The van der Waals surface area contributed by atoms with Crippen LogP contribution >= 0.6 is 22.9 Å². The van der Waals surface area contributed by atoms with Crippen LogP contribution in [0.5, 0.6) is 5.75 Å². The number of thiazole rings is 1. The van der Waals surface area contributed by atoms with Gasteiger partial charge in [-0.15, -0.1) is 11.3 Å². The molecule has 0 saturated heterocycles. The van der Waals surface area contributed by atoms with Crippen molar-refractivity contribution in [1.82, 2.24) is 10.3 Å². The Morgan fingerprint density at radius 1 is 1.25 bits per heavy atom. The van der Waals surface area contributed by atoms with Gasteiger partial charge in [-0.25, -0.2) is 4.98 Å². The van der Waals surface area contributed by atoms with E-state index in [1.165, 1.54) is 30.6 Å². The number of halogens is 1. The summed E-state index contributed by atoms with van der Waals surface area (Å²) >= 11 is 7.36. The van der Waals surface area contributed by atoms with Gasteiger partial charge in [0.2, 0.25) is 5.91 Å². The summed E-state index contributed by atoms with van der Waals surface area (Å²) in [6, 6.07) is 7.58. The number of nitrogens with one attached hydrogen (secondary N) is 1. The van der Waals surface area contributed by atoms with E-state index in [0.717, 1.165) is 29.3 Å². The third kappa shape index (κ3) is 5.21. The lowest BCUT2D eigenvalue weighted by molar-refractivity contribution is -0.121. The zero-order valence-corrected chi connectivity index (χ0v) is 15.0. The number of benzene rings is 1. The smallest absolute Gasteiger partial charge is 0.226 e. The number of aromatic nitrogens is 1. The molecule has 24 heavy (non-hydrogen) atoms. The molecule has 2 aromatic rings. The Bertz CT molecular complexity index is 666. The molecule has 0 aliphatic heterocycles. The van der Waals surface area contributed by atoms with E-state index in [-0.39, 0.29) is 5.91 Å². The van der Waals surface area contributed by atoms with Crippen LogP contribution in [0.25, 0.3) is 0 Å². The van der Waals surface area contributed by atoms with Crippen molar-refractivity contribution < 1.29 is 9.53 Å². The molecule has 128 valence electrons. The van der Waals surface area contributed by atoms with Crippen LogP contribution in [0.2, 0.25) is 5.02 Å². The van der Waals surface area contributed by atoms with Crippen LogP contribution in [0, 0.1) is 0 Å². The molecule has 0 atom stereocenters. The molecule has 1 aromatic carbocycles. The summed E-state index contributed by atoms with van der Waals surface area (Å²) in [5, 5.41) is 6.60. The first-order valence-electron chi connectivity index (χ1n) is 8.30. The van der Waals surface area contributed by atoms with E-state index in [1.54, 1.807) is 12.1 Å². The Morgan fingerprint density at radius 3 is 2.75 bits per heavy atom. The predicted molar refractivity (Wildman–Crippen MR) is 96.6 cm³/mol. The van der Waals surface area contributed by atoms with Gasteiger partial charge in [0.15, 0.2) is 0 Å². The van der Waals surface area contributed by atoms with Crippen LogP contribution in [0.4, 0.5) is 0 Å². The lowest BCUT2D eigenvalue weighted by Crippen LogP contribution is -2.37. The highest BCUT2D eigenvalue weighted by Gasteiger charge is 2.16. The second kappa shape index (κ2) is 8.49. The van der Waals surface area contributed by atoms with Crippen molar-refractivity contribution >= 4 is 28.8 Å². The monoisotopic (exact) mass is 364 g/mol. The molecule has 1 aliphatic carbocycles. The van der Waals surface area contributed by atoms with Gasteiger partial charge < -0.3 is 10.1 Å². The summed E-state index contributed by atoms with van der Waals surface area (Å²) in [6.07, 6.45) is 6.26. The van der Waals surface area contributed by atoms with Gasteiger partial charge in [0.25, 0.3) is 0 Å². The number of rotatable bonds is 6. The van der Waals surface area contributed by atoms with Gasteiger partial charge in [-0.05, 0) is 37.1 Å². The van der Waals surface area contributed by atoms with Gasteiger partial charge in [-0.3, -0.25) is 4.79 Å². The molecule has 1 amide bonds. The number of nitrogens with zero attached hydrogens (tertiary/aromatic N) is 1. The average Bonchev–Trinajstić information content (AvgIpc) is 3.02. The highest BCUT2D eigenvalue weighted by Crippen LogP contribution is 2.19. The molecule has 3 rings (SSSR count). The van der Waals surface area contributed by atoms with E-state index in [2.05, 4.69) is 10.3 Å². The largest absolute Gasteiger partial charge is 0.486 e. The minimum absolute atomic E-state index is 0.0670. The van der Waals surface area contributed by atoms with Crippen molar-refractivity contribution in [3.05, 3.63) is 45.4 Å². The van der Waals surface area contributed by atoms with Gasteiger partial charge in [0.1, 0.15) is 17.4 Å². The molecule has 6 heteroatoms. The Balaban J connectivity index is 1.46. The molecule has 0 radical (unpaired) electrons. The van der Waals surface area contributed by atoms with Crippen LogP contribution in [0.1, 0.15) is 42.8 Å². The minimum atomic E-state index is 0.0670. The maximum Gasteiger partial charge on any atom is 0.226 e. The number of carbonyl (C=O) groups is 1. The van der Waals surface area contributed by atoms with E-state index < -0.39 is 0 Å². The SMILES string of the molecule is O=C(Cc1csc(COc2ccc(Cl)cc2)n1)NC1CCCCC1. The zero-order chi connectivity index (χ0) is 16.8. The first-order valence-corrected chi connectivity index (χ1v) is 9.56. The first kappa shape index (κ1) is 17.2. The molecule has 0 spiro atoms. The normalized spacial score (nSPS) is 15.2. The zero-order valence-electron chi connectivity index (χ0n) is 13.5.